The highest BCUT2D eigenvalue weighted by Gasteiger charge is 2.47. The molecule has 0 radical (unpaired) electrons. The second kappa shape index (κ2) is 9.93. The van der Waals surface area contributed by atoms with Crippen molar-refractivity contribution in [2.75, 3.05) is 19.6 Å². The van der Waals surface area contributed by atoms with Crippen molar-refractivity contribution in [1.82, 2.24) is 20.9 Å². The molecule has 4 rings (SSSR count). The van der Waals surface area contributed by atoms with Crippen LogP contribution in [0.4, 0.5) is 17.6 Å². The summed E-state index contributed by atoms with van der Waals surface area (Å²) in [5, 5.41) is 8.71. The van der Waals surface area contributed by atoms with E-state index in [1.54, 1.807) is 24.5 Å². The van der Waals surface area contributed by atoms with Crippen LogP contribution in [0.25, 0.3) is 0 Å². The molecule has 1 aromatic heterocycles. The van der Waals surface area contributed by atoms with Gasteiger partial charge in [-0.2, -0.15) is 13.2 Å². The molecule has 1 aliphatic carbocycles. The van der Waals surface area contributed by atoms with Gasteiger partial charge in [0.15, 0.2) is 0 Å². The number of rotatable bonds is 6. The fourth-order valence-electron chi connectivity index (χ4n) is 5.23. The maximum Gasteiger partial charge on any atom is 0.416 e. The van der Waals surface area contributed by atoms with E-state index in [1.807, 2.05) is 0 Å². The highest BCUT2D eigenvalue weighted by molar-refractivity contribution is 5.96. The summed E-state index contributed by atoms with van der Waals surface area (Å²) in [5.41, 5.74) is -2.54. The van der Waals surface area contributed by atoms with Crippen molar-refractivity contribution in [2.24, 2.45) is 5.92 Å². The quantitative estimate of drug-likeness (QED) is 0.537. The van der Waals surface area contributed by atoms with E-state index in [0.717, 1.165) is 18.2 Å². The van der Waals surface area contributed by atoms with Gasteiger partial charge in [0.05, 0.1) is 17.6 Å². The fraction of sp³-hybridized carbons (Fsp3) is 0.480. The fourth-order valence-corrected chi connectivity index (χ4v) is 5.23. The van der Waals surface area contributed by atoms with Gasteiger partial charge in [-0.1, -0.05) is 12.1 Å². The molecule has 2 fully saturated rings. The standard InChI is InChI=1S/C25H28F4N4O2/c26-23(20-5-2-11-30-14-20)8-6-18(7-9-23)24(10-12-31-16-24)33-21(34)15-32-22(35)17-3-1-4-19(13-17)25(27,28)29/h1-5,11,13-14,18,31H,6-10,12,15-16H2,(H,32,35)(H,33,34)/t18?,23?,24-/m0/s1. The Balaban J connectivity index is 1.36. The molecular formula is C25H28F4N4O2. The summed E-state index contributed by atoms with van der Waals surface area (Å²) in [7, 11) is 0. The third kappa shape index (κ3) is 5.63. The second-order valence-electron chi connectivity index (χ2n) is 9.37. The summed E-state index contributed by atoms with van der Waals surface area (Å²) in [6.07, 6.45) is 1.11. The van der Waals surface area contributed by atoms with Gasteiger partial charge in [-0.15, -0.1) is 0 Å². The third-order valence-corrected chi connectivity index (χ3v) is 7.18. The van der Waals surface area contributed by atoms with Gasteiger partial charge in [-0.25, -0.2) is 4.39 Å². The number of pyridine rings is 1. The number of hydrogen-bond donors (Lipinski definition) is 3. The lowest BCUT2D eigenvalue weighted by molar-refractivity contribution is -0.137. The van der Waals surface area contributed by atoms with Gasteiger partial charge in [-0.05, 0) is 68.8 Å². The third-order valence-electron chi connectivity index (χ3n) is 7.18. The Kier molecular flexibility index (Phi) is 7.12. The van der Waals surface area contributed by atoms with Crippen molar-refractivity contribution < 1.29 is 27.2 Å². The average Bonchev–Trinajstić information content (AvgIpc) is 3.32. The topological polar surface area (TPSA) is 83.1 Å². The number of amides is 2. The van der Waals surface area contributed by atoms with Crippen LogP contribution in [0.5, 0.6) is 0 Å². The van der Waals surface area contributed by atoms with E-state index in [9.17, 15) is 22.8 Å². The molecule has 2 amide bonds. The number of carbonyl (C=O) groups is 2. The van der Waals surface area contributed by atoms with Gasteiger partial charge in [0, 0.05) is 30.1 Å². The zero-order valence-electron chi connectivity index (χ0n) is 19.1. The van der Waals surface area contributed by atoms with Gasteiger partial charge in [-0.3, -0.25) is 14.6 Å². The highest BCUT2D eigenvalue weighted by Crippen LogP contribution is 2.46. The van der Waals surface area contributed by atoms with Crippen LogP contribution in [0, 0.1) is 5.92 Å². The monoisotopic (exact) mass is 492 g/mol. The predicted molar refractivity (Wildman–Crippen MR) is 121 cm³/mol. The van der Waals surface area contributed by atoms with E-state index in [2.05, 4.69) is 20.9 Å². The van der Waals surface area contributed by atoms with E-state index in [-0.39, 0.29) is 18.0 Å². The van der Waals surface area contributed by atoms with Crippen molar-refractivity contribution in [3.63, 3.8) is 0 Å². The van der Waals surface area contributed by atoms with Crippen LogP contribution in [0.1, 0.15) is 53.6 Å². The van der Waals surface area contributed by atoms with Crippen LogP contribution in [-0.2, 0) is 16.6 Å². The summed E-state index contributed by atoms with van der Waals surface area (Å²) >= 11 is 0. The number of hydrogen-bond acceptors (Lipinski definition) is 4. The summed E-state index contributed by atoms with van der Waals surface area (Å²) in [5.74, 6) is -1.14. The van der Waals surface area contributed by atoms with Crippen molar-refractivity contribution in [2.45, 2.75) is 49.5 Å². The molecule has 2 aromatic rings. The van der Waals surface area contributed by atoms with E-state index >= 15 is 4.39 Å². The number of nitrogens with one attached hydrogen (secondary N) is 3. The van der Waals surface area contributed by atoms with Crippen LogP contribution < -0.4 is 16.0 Å². The maximum absolute atomic E-state index is 15.6. The van der Waals surface area contributed by atoms with Gasteiger partial charge in [0.1, 0.15) is 5.67 Å². The van der Waals surface area contributed by atoms with E-state index in [1.165, 1.54) is 6.07 Å². The minimum atomic E-state index is -4.57. The molecule has 3 N–H and O–H groups in total. The Morgan fingerprint density at radius 3 is 2.51 bits per heavy atom. The van der Waals surface area contributed by atoms with Gasteiger partial charge >= 0.3 is 6.18 Å². The molecule has 2 aliphatic rings. The normalized spacial score (nSPS) is 26.8. The summed E-state index contributed by atoms with van der Waals surface area (Å²) in [4.78, 5) is 29.1. The van der Waals surface area contributed by atoms with E-state index in [0.29, 0.717) is 50.8 Å². The van der Waals surface area contributed by atoms with Crippen molar-refractivity contribution in [3.05, 3.63) is 65.5 Å². The largest absolute Gasteiger partial charge is 0.416 e. The molecule has 1 saturated heterocycles. The van der Waals surface area contributed by atoms with Crippen LogP contribution >= 0.6 is 0 Å². The summed E-state index contributed by atoms with van der Waals surface area (Å²) < 4.78 is 54.3. The summed E-state index contributed by atoms with van der Waals surface area (Å²) in [6, 6.07) is 7.51. The molecule has 1 aromatic carbocycles. The number of alkyl halides is 4. The zero-order valence-corrected chi connectivity index (χ0v) is 19.1. The molecule has 0 spiro atoms. The molecular weight excluding hydrogens is 464 g/mol. The number of carbonyl (C=O) groups excluding carboxylic acids is 2. The lowest BCUT2D eigenvalue weighted by atomic mass is 9.68. The first-order valence-electron chi connectivity index (χ1n) is 11.7. The Labute approximate surface area is 200 Å². The smallest absolute Gasteiger partial charge is 0.348 e. The number of aromatic nitrogens is 1. The predicted octanol–water partition coefficient (Wildman–Crippen LogP) is 3.73. The molecule has 1 saturated carbocycles. The molecule has 35 heavy (non-hydrogen) atoms. The SMILES string of the molecule is O=C(CNC(=O)c1cccc(C(F)(F)F)c1)N[C@@]1(C2CCC(F)(c3cccnc3)CC2)CCNC1. The van der Waals surface area contributed by atoms with Crippen LogP contribution in [-0.4, -0.2) is 42.0 Å². The molecule has 6 nitrogen and oxygen atoms in total. The number of benzene rings is 1. The summed E-state index contributed by atoms with van der Waals surface area (Å²) in [6.45, 7) is 0.875. The minimum absolute atomic E-state index is 0.0566. The van der Waals surface area contributed by atoms with E-state index < -0.39 is 34.8 Å². The second-order valence-corrected chi connectivity index (χ2v) is 9.37. The van der Waals surface area contributed by atoms with Gasteiger partial charge in [0.25, 0.3) is 5.91 Å². The van der Waals surface area contributed by atoms with Crippen molar-refractivity contribution >= 4 is 11.8 Å². The molecule has 188 valence electrons. The number of nitrogens with zero attached hydrogens (tertiary/aromatic N) is 1. The lowest BCUT2D eigenvalue weighted by Gasteiger charge is -2.43. The first kappa shape index (κ1) is 25.1. The first-order valence-corrected chi connectivity index (χ1v) is 11.7. The lowest BCUT2D eigenvalue weighted by Crippen LogP contribution is -2.58. The molecule has 10 heteroatoms. The number of halogens is 4. The molecule has 1 atom stereocenters. The van der Waals surface area contributed by atoms with Crippen LogP contribution in [0.15, 0.2) is 48.8 Å². The maximum atomic E-state index is 15.6. The van der Waals surface area contributed by atoms with Gasteiger partial charge in [0.2, 0.25) is 5.91 Å². The zero-order chi connectivity index (χ0) is 25.1. The molecule has 0 unspecified atom stereocenters. The van der Waals surface area contributed by atoms with Gasteiger partial charge < -0.3 is 16.0 Å². The molecule has 1 aliphatic heterocycles. The van der Waals surface area contributed by atoms with Crippen molar-refractivity contribution in [3.8, 4) is 0 Å². The Bertz CT molecular complexity index is 1050. The molecule has 2 heterocycles. The minimum Gasteiger partial charge on any atom is -0.348 e. The average molecular weight is 493 g/mol. The Morgan fingerprint density at radius 2 is 1.89 bits per heavy atom. The first-order chi connectivity index (χ1) is 16.6. The van der Waals surface area contributed by atoms with Crippen LogP contribution in [0.2, 0.25) is 0 Å². The van der Waals surface area contributed by atoms with Crippen LogP contribution in [0.3, 0.4) is 0 Å². The Morgan fingerprint density at radius 1 is 1.11 bits per heavy atom. The highest BCUT2D eigenvalue weighted by atomic mass is 19.4. The van der Waals surface area contributed by atoms with Crippen molar-refractivity contribution in [1.29, 1.82) is 0 Å². The Hall–Kier alpha value is -3.01. The van der Waals surface area contributed by atoms with E-state index in [4.69, 9.17) is 0 Å². The molecule has 0 bridgehead atoms.